The smallest absolute Gasteiger partial charge is 0.333 e. The number of benzene rings is 1. The molecule has 0 saturated carbocycles. The lowest BCUT2D eigenvalue weighted by molar-refractivity contribution is -0.139. The van der Waals surface area contributed by atoms with Gasteiger partial charge in [-0.05, 0) is 12.0 Å². The van der Waals surface area contributed by atoms with Crippen LogP contribution in [0.4, 0.5) is 4.79 Å². The van der Waals surface area contributed by atoms with Crippen molar-refractivity contribution >= 4 is 29.6 Å². The summed E-state index contributed by atoms with van der Waals surface area (Å²) in [6, 6.07) is 5.40. The number of nitrogens with two attached hydrogens (primary N) is 2. The topological polar surface area (TPSA) is 225 Å². The van der Waals surface area contributed by atoms with Crippen LogP contribution in [0, 0.1) is 5.92 Å². The van der Waals surface area contributed by atoms with Crippen LogP contribution in [0.2, 0.25) is 0 Å². The van der Waals surface area contributed by atoms with Gasteiger partial charge < -0.3 is 32.1 Å². The van der Waals surface area contributed by atoms with Crippen molar-refractivity contribution < 1.29 is 39.3 Å². The van der Waals surface area contributed by atoms with Crippen molar-refractivity contribution in [2.75, 3.05) is 19.8 Å². The third kappa shape index (κ3) is 9.64. The van der Waals surface area contributed by atoms with Crippen molar-refractivity contribution in [3.63, 3.8) is 0 Å². The maximum Gasteiger partial charge on any atom is 0.333 e. The molecule has 0 aromatic heterocycles. The average Bonchev–Trinajstić information content (AvgIpc) is 2.78. The molecule has 13 nitrogen and oxygen atoms in total. The Bertz CT molecular complexity index is 835. The van der Waals surface area contributed by atoms with Crippen molar-refractivity contribution in [2.45, 2.75) is 31.3 Å². The van der Waals surface area contributed by atoms with Gasteiger partial charge in [-0.2, -0.15) is 0 Å². The summed E-state index contributed by atoms with van der Waals surface area (Å²) < 4.78 is 0. The number of ketones is 1. The number of rotatable bonds is 13. The second kappa shape index (κ2) is 13.8. The normalized spacial score (nSPS) is 13.3. The van der Waals surface area contributed by atoms with Gasteiger partial charge in [0.15, 0.2) is 5.78 Å². The standard InChI is InChI=1S/C20H29N5O8/c21-14(8-12-4-2-1-3-5-12)19(32)23-15(11-27)16(28)9-13(10-26)18(31)24-25(20(22)33)7-6-17(29)30/h1-5,13-15,26-27H,6-11,21H2,(H2,22,33)(H,23,32)(H,24,31)(H,29,30)/t13-,14?,15-/m0/s1. The SMILES string of the molecule is NC(=O)N(CCC(=O)O)NC(=O)[C@H](CO)CC(=O)[C@H](CO)NC(=O)C(N)Cc1ccccc1. The number of carbonyl (C=O) groups excluding carboxylic acids is 4. The molecule has 0 saturated heterocycles. The zero-order valence-electron chi connectivity index (χ0n) is 17.8. The van der Waals surface area contributed by atoms with Crippen molar-refractivity contribution in [1.82, 2.24) is 15.8 Å². The van der Waals surface area contributed by atoms with E-state index in [-0.39, 0.29) is 6.42 Å². The first-order valence-electron chi connectivity index (χ1n) is 10.0. The van der Waals surface area contributed by atoms with Crippen LogP contribution < -0.4 is 22.2 Å². The number of urea groups is 1. The van der Waals surface area contributed by atoms with Crippen molar-refractivity contribution in [3.05, 3.63) is 35.9 Å². The maximum atomic E-state index is 12.5. The summed E-state index contributed by atoms with van der Waals surface area (Å²) in [5, 5.41) is 30.6. The van der Waals surface area contributed by atoms with Crippen LogP contribution in [0.15, 0.2) is 30.3 Å². The quantitative estimate of drug-likeness (QED) is 0.152. The Morgan fingerprint density at radius 2 is 1.64 bits per heavy atom. The Morgan fingerprint density at radius 1 is 1.00 bits per heavy atom. The zero-order chi connectivity index (χ0) is 25.0. The summed E-state index contributed by atoms with van der Waals surface area (Å²) in [4.78, 5) is 59.2. The fourth-order valence-corrected chi connectivity index (χ4v) is 2.75. The predicted molar refractivity (Wildman–Crippen MR) is 114 cm³/mol. The molecular formula is C20H29N5O8. The number of primary amides is 1. The Morgan fingerprint density at radius 3 is 2.15 bits per heavy atom. The van der Waals surface area contributed by atoms with Crippen LogP contribution in [-0.4, -0.2) is 81.8 Å². The van der Waals surface area contributed by atoms with Crippen molar-refractivity contribution in [2.24, 2.45) is 17.4 Å². The molecule has 13 heteroatoms. The van der Waals surface area contributed by atoms with Gasteiger partial charge in [0.05, 0.1) is 38.1 Å². The number of amides is 4. The molecule has 0 aliphatic heterocycles. The van der Waals surface area contributed by atoms with Gasteiger partial charge in [0, 0.05) is 6.42 Å². The predicted octanol–water partition coefficient (Wildman–Crippen LogP) is -2.51. The molecule has 4 amide bonds. The van der Waals surface area contributed by atoms with E-state index in [2.05, 4.69) is 5.32 Å². The van der Waals surface area contributed by atoms with Gasteiger partial charge in [-0.15, -0.1) is 0 Å². The third-order valence-corrected chi connectivity index (χ3v) is 4.62. The van der Waals surface area contributed by atoms with E-state index in [4.69, 9.17) is 16.6 Å². The minimum atomic E-state index is -1.37. The number of aliphatic carboxylic acids is 1. The second-order valence-electron chi connectivity index (χ2n) is 7.20. The van der Waals surface area contributed by atoms with Crippen molar-refractivity contribution in [1.29, 1.82) is 0 Å². The average molecular weight is 467 g/mol. The number of carbonyl (C=O) groups is 5. The Balaban J connectivity index is 2.70. The van der Waals surface area contributed by atoms with Gasteiger partial charge in [-0.1, -0.05) is 30.3 Å². The molecule has 0 heterocycles. The van der Waals surface area contributed by atoms with Gasteiger partial charge in [0.2, 0.25) is 11.8 Å². The van der Waals surface area contributed by atoms with E-state index in [1.54, 1.807) is 30.3 Å². The van der Waals surface area contributed by atoms with Crippen LogP contribution in [0.3, 0.4) is 0 Å². The van der Waals surface area contributed by atoms with Gasteiger partial charge in [-0.25, -0.2) is 9.80 Å². The van der Waals surface area contributed by atoms with Crippen molar-refractivity contribution in [3.8, 4) is 0 Å². The summed E-state index contributed by atoms with van der Waals surface area (Å²) in [7, 11) is 0. The lowest BCUT2D eigenvalue weighted by atomic mass is 9.98. The first-order valence-corrected chi connectivity index (χ1v) is 10.0. The van der Waals surface area contributed by atoms with E-state index in [0.29, 0.717) is 5.01 Å². The number of hydrogen-bond donors (Lipinski definition) is 7. The highest BCUT2D eigenvalue weighted by molar-refractivity contribution is 5.94. The monoisotopic (exact) mass is 467 g/mol. The highest BCUT2D eigenvalue weighted by Gasteiger charge is 2.29. The lowest BCUT2D eigenvalue weighted by Crippen LogP contribution is -2.53. The first-order chi connectivity index (χ1) is 15.6. The molecule has 0 aliphatic carbocycles. The summed E-state index contributed by atoms with van der Waals surface area (Å²) in [5.41, 5.74) is 13.8. The van der Waals surface area contributed by atoms with E-state index >= 15 is 0 Å². The number of aliphatic hydroxyl groups is 2. The first kappa shape index (κ1) is 27.5. The Kier molecular flexibility index (Phi) is 11.5. The molecule has 0 fully saturated rings. The number of aliphatic hydroxyl groups excluding tert-OH is 2. The number of nitrogens with zero attached hydrogens (tertiary/aromatic N) is 1. The molecule has 182 valence electrons. The molecule has 0 bridgehead atoms. The van der Waals surface area contributed by atoms with Gasteiger partial charge in [-0.3, -0.25) is 24.6 Å². The second-order valence-corrected chi connectivity index (χ2v) is 7.20. The summed E-state index contributed by atoms with van der Waals surface area (Å²) in [6.45, 7) is -2.01. The number of carboxylic acid groups (broad SMARTS) is 1. The zero-order valence-corrected chi connectivity index (χ0v) is 17.8. The molecule has 0 aliphatic rings. The number of hydrazine groups is 1. The minimum Gasteiger partial charge on any atom is -0.481 e. The molecule has 1 aromatic carbocycles. The molecule has 0 spiro atoms. The highest BCUT2D eigenvalue weighted by atomic mass is 16.4. The summed E-state index contributed by atoms with van der Waals surface area (Å²) in [6.07, 6.45) is -0.902. The van der Waals surface area contributed by atoms with Gasteiger partial charge in [0.25, 0.3) is 0 Å². The van der Waals surface area contributed by atoms with E-state index < -0.39 is 80.2 Å². The van der Waals surface area contributed by atoms with Gasteiger partial charge >= 0.3 is 12.0 Å². The van der Waals surface area contributed by atoms with Crippen LogP contribution in [0.1, 0.15) is 18.4 Å². The number of hydrogen-bond acceptors (Lipinski definition) is 8. The van der Waals surface area contributed by atoms with E-state index in [1.165, 1.54) is 0 Å². The largest absolute Gasteiger partial charge is 0.481 e. The number of carboxylic acids is 1. The summed E-state index contributed by atoms with van der Waals surface area (Å²) in [5.74, 6) is -5.02. The van der Waals surface area contributed by atoms with Crippen LogP contribution in [0.5, 0.6) is 0 Å². The Labute approximate surface area is 189 Å². The molecular weight excluding hydrogens is 438 g/mol. The molecule has 9 N–H and O–H groups in total. The summed E-state index contributed by atoms with van der Waals surface area (Å²) >= 11 is 0. The highest BCUT2D eigenvalue weighted by Crippen LogP contribution is 2.08. The minimum absolute atomic E-state index is 0.194. The Hall–Kier alpha value is -3.55. The fraction of sp³-hybridized carbons (Fsp3) is 0.450. The van der Waals surface area contributed by atoms with Crippen LogP contribution >= 0.6 is 0 Å². The van der Waals surface area contributed by atoms with Crippen LogP contribution in [0.25, 0.3) is 0 Å². The molecule has 1 unspecified atom stereocenters. The maximum absolute atomic E-state index is 12.5. The lowest BCUT2D eigenvalue weighted by Gasteiger charge is -2.24. The van der Waals surface area contributed by atoms with E-state index in [0.717, 1.165) is 5.56 Å². The van der Waals surface area contributed by atoms with E-state index in [9.17, 15) is 34.2 Å². The molecule has 33 heavy (non-hydrogen) atoms. The number of Topliss-reactive ketones (excluding diaryl/α,β-unsaturated/α-hetero) is 1. The van der Waals surface area contributed by atoms with Gasteiger partial charge in [0.1, 0.15) is 6.04 Å². The third-order valence-electron chi connectivity index (χ3n) is 4.62. The fourth-order valence-electron chi connectivity index (χ4n) is 2.75. The molecule has 3 atom stereocenters. The molecule has 1 aromatic rings. The number of nitrogens with one attached hydrogen (secondary N) is 2. The molecule has 1 rings (SSSR count). The van der Waals surface area contributed by atoms with E-state index in [1.807, 2.05) is 5.43 Å². The molecule has 0 radical (unpaired) electrons. The van der Waals surface area contributed by atoms with Crippen LogP contribution in [-0.2, 0) is 25.6 Å².